The Bertz CT molecular complexity index is 1570. The maximum absolute atomic E-state index is 13.5. The van der Waals surface area contributed by atoms with Gasteiger partial charge in [0.15, 0.2) is 0 Å². The van der Waals surface area contributed by atoms with Gasteiger partial charge in [0, 0.05) is 36.8 Å². The summed E-state index contributed by atoms with van der Waals surface area (Å²) in [6.45, 7) is 3.86. The van der Waals surface area contributed by atoms with Crippen LogP contribution in [0.25, 0.3) is 16.3 Å². The number of hydrogen-bond donors (Lipinski definition) is 1. The Kier molecular flexibility index (Phi) is 7.66. The molecule has 4 heterocycles. The quantitative estimate of drug-likeness (QED) is 0.229. The summed E-state index contributed by atoms with van der Waals surface area (Å²) in [6.07, 6.45) is 7.94. The minimum Gasteiger partial charge on any atom is -0.334 e. The summed E-state index contributed by atoms with van der Waals surface area (Å²) in [7, 11) is 0. The maximum atomic E-state index is 13.5. The van der Waals surface area contributed by atoms with E-state index in [9.17, 15) is 4.79 Å². The predicted octanol–water partition coefficient (Wildman–Crippen LogP) is 7.54. The number of rotatable bonds is 5. The molecule has 0 bridgehead atoms. The number of likely N-dealkylation sites (tertiary alicyclic amines) is 1. The molecular weight excluding hydrogens is 617 g/mol. The number of pyridine rings is 1. The van der Waals surface area contributed by atoms with Gasteiger partial charge in [-0.2, -0.15) is 0 Å². The highest BCUT2D eigenvalue weighted by atomic mass is 79.9. The molecule has 200 valence electrons. The molecular formula is C29H26BrCl2N5OS. The molecule has 2 aromatic carbocycles. The van der Waals surface area contributed by atoms with Crippen molar-refractivity contribution in [3.63, 3.8) is 0 Å². The van der Waals surface area contributed by atoms with E-state index in [0.29, 0.717) is 23.1 Å². The van der Waals surface area contributed by atoms with E-state index in [2.05, 4.69) is 55.4 Å². The molecule has 4 aromatic rings. The van der Waals surface area contributed by atoms with E-state index in [0.717, 1.165) is 59.4 Å². The molecule has 0 unspecified atom stereocenters. The molecule has 0 aliphatic carbocycles. The van der Waals surface area contributed by atoms with Crippen LogP contribution in [-0.4, -0.2) is 47.1 Å². The third kappa shape index (κ3) is 5.45. The zero-order valence-electron chi connectivity index (χ0n) is 21.0. The fourth-order valence-electron chi connectivity index (χ4n) is 5.67. The number of benzene rings is 2. The molecule has 6 rings (SSSR count). The molecule has 10 heteroatoms. The number of carbonyl (C=O) groups is 1. The van der Waals surface area contributed by atoms with Crippen molar-refractivity contribution in [3.05, 3.63) is 91.6 Å². The molecule has 6 nitrogen and oxygen atoms in total. The van der Waals surface area contributed by atoms with Crippen LogP contribution in [0.1, 0.15) is 29.5 Å². The molecule has 1 fully saturated rings. The minimum atomic E-state index is -0.107. The van der Waals surface area contributed by atoms with Crippen LogP contribution in [0.5, 0.6) is 0 Å². The monoisotopic (exact) mass is 641 g/mol. The smallest absolute Gasteiger partial charge is 0.322 e. The zero-order valence-corrected chi connectivity index (χ0v) is 25.0. The lowest BCUT2D eigenvalue weighted by Crippen LogP contribution is -2.47. The molecule has 2 aromatic heterocycles. The van der Waals surface area contributed by atoms with E-state index in [1.807, 2.05) is 40.7 Å². The van der Waals surface area contributed by atoms with Crippen molar-refractivity contribution in [2.75, 3.05) is 31.1 Å². The molecule has 2 aliphatic heterocycles. The Morgan fingerprint density at radius 1 is 1.10 bits per heavy atom. The highest BCUT2D eigenvalue weighted by Crippen LogP contribution is 2.50. The fraction of sp³-hybridized carbons (Fsp3) is 0.276. The van der Waals surface area contributed by atoms with E-state index < -0.39 is 0 Å². The topological polar surface area (TPSA) is 61.4 Å². The first-order valence-corrected chi connectivity index (χ1v) is 15.2. The van der Waals surface area contributed by atoms with Gasteiger partial charge in [-0.15, -0.1) is 11.3 Å². The number of aromatic nitrogens is 2. The largest absolute Gasteiger partial charge is 0.334 e. The van der Waals surface area contributed by atoms with E-state index in [1.54, 1.807) is 17.5 Å². The van der Waals surface area contributed by atoms with Crippen molar-refractivity contribution in [1.82, 2.24) is 20.2 Å². The van der Waals surface area contributed by atoms with Crippen molar-refractivity contribution in [2.45, 2.75) is 24.8 Å². The Morgan fingerprint density at radius 2 is 1.95 bits per heavy atom. The van der Waals surface area contributed by atoms with Gasteiger partial charge in [0.2, 0.25) is 0 Å². The van der Waals surface area contributed by atoms with E-state index >= 15 is 0 Å². The SMILES string of the molecule is O=C(NCc1ccnc(Br)c1)N1CC2(CCN(CC=Cc3ccc(Cl)c(Cl)c3)CC2)c2c1ccc1scnc21. The number of carbonyl (C=O) groups excluding carboxylic acids is 1. The molecule has 2 amide bonds. The Morgan fingerprint density at radius 3 is 2.74 bits per heavy atom. The summed E-state index contributed by atoms with van der Waals surface area (Å²) >= 11 is 17.3. The van der Waals surface area contributed by atoms with Gasteiger partial charge < -0.3 is 5.32 Å². The number of fused-ring (bicyclic) bond motifs is 4. The van der Waals surface area contributed by atoms with Gasteiger partial charge in [0.25, 0.3) is 0 Å². The molecule has 0 radical (unpaired) electrons. The first-order valence-electron chi connectivity index (χ1n) is 12.8. The number of urea groups is 1. The van der Waals surface area contributed by atoms with Crippen molar-refractivity contribution >= 4 is 78.5 Å². The summed E-state index contributed by atoms with van der Waals surface area (Å²) in [5, 5.41) is 4.24. The molecule has 1 N–H and O–H groups in total. The second-order valence-corrected chi connectivity index (χ2v) is 12.6. The fourth-order valence-corrected chi connectivity index (χ4v) is 7.07. The van der Waals surface area contributed by atoms with Gasteiger partial charge >= 0.3 is 6.03 Å². The lowest BCUT2D eigenvalue weighted by Gasteiger charge is -2.39. The van der Waals surface area contributed by atoms with Crippen molar-refractivity contribution in [3.8, 4) is 0 Å². The number of halogens is 3. The number of piperidine rings is 1. The van der Waals surface area contributed by atoms with Crippen molar-refractivity contribution in [2.24, 2.45) is 0 Å². The highest BCUT2D eigenvalue weighted by molar-refractivity contribution is 9.10. The predicted molar refractivity (Wildman–Crippen MR) is 164 cm³/mol. The number of anilines is 1. The lowest BCUT2D eigenvalue weighted by molar-refractivity contribution is 0.180. The third-order valence-electron chi connectivity index (χ3n) is 7.67. The van der Waals surface area contributed by atoms with Crippen LogP contribution < -0.4 is 10.2 Å². The van der Waals surface area contributed by atoms with Gasteiger partial charge in [0.1, 0.15) is 4.60 Å². The normalized spacial score (nSPS) is 16.8. The minimum absolute atomic E-state index is 0.0809. The standard InChI is InChI=1S/C29H26BrCl2N5OS/c30-25-15-20(7-10-33-25)16-34-28(38)37-17-29(26-23(37)5-6-24-27(26)35-18-39-24)8-12-36(13-9-29)11-1-2-19-3-4-21(31)22(32)14-19/h1-7,10,14-15,18H,8-9,11-13,16-17H2,(H,34,38). The molecule has 39 heavy (non-hydrogen) atoms. The van der Waals surface area contributed by atoms with Crippen LogP contribution in [0, 0.1) is 0 Å². The van der Waals surface area contributed by atoms with Crippen LogP contribution in [0.3, 0.4) is 0 Å². The van der Waals surface area contributed by atoms with Gasteiger partial charge in [-0.3, -0.25) is 9.80 Å². The van der Waals surface area contributed by atoms with Crippen LogP contribution >= 0.6 is 50.5 Å². The van der Waals surface area contributed by atoms with Crippen molar-refractivity contribution < 1.29 is 4.79 Å². The average Bonchev–Trinajstić information content (AvgIpc) is 3.53. The van der Waals surface area contributed by atoms with Crippen LogP contribution in [-0.2, 0) is 12.0 Å². The number of amides is 2. The number of nitrogens with one attached hydrogen (secondary N) is 1. The van der Waals surface area contributed by atoms with E-state index in [1.165, 1.54) is 10.3 Å². The summed E-state index contributed by atoms with van der Waals surface area (Å²) in [6, 6.07) is 13.6. The zero-order chi connectivity index (χ0) is 27.0. The van der Waals surface area contributed by atoms with E-state index in [4.69, 9.17) is 28.2 Å². The Hall–Kier alpha value is -2.49. The molecule has 0 saturated carbocycles. The number of thiazole rings is 1. The molecule has 2 aliphatic rings. The van der Waals surface area contributed by atoms with E-state index in [-0.39, 0.29) is 11.4 Å². The first-order chi connectivity index (χ1) is 18.9. The Labute approximate surface area is 249 Å². The molecule has 1 spiro atoms. The maximum Gasteiger partial charge on any atom is 0.322 e. The van der Waals surface area contributed by atoms with Crippen molar-refractivity contribution in [1.29, 1.82) is 0 Å². The van der Waals surface area contributed by atoms with Gasteiger partial charge in [-0.25, -0.2) is 14.8 Å². The van der Waals surface area contributed by atoms with Gasteiger partial charge in [0.05, 0.1) is 31.5 Å². The van der Waals surface area contributed by atoms with Crippen LogP contribution in [0.4, 0.5) is 10.5 Å². The Balaban J connectivity index is 1.18. The average molecular weight is 643 g/mol. The highest BCUT2D eigenvalue weighted by Gasteiger charge is 2.47. The number of hydrogen-bond acceptors (Lipinski definition) is 5. The summed E-state index contributed by atoms with van der Waals surface area (Å²) in [5.41, 5.74) is 7.09. The van der Waals surface area contributed by atoms with Crippen LogP contribution in [0.2, 0.25) is 10.0 Å². The molecule has 1 saturated heterocycles. The lowest BCUT2D eigenvalue weighted by atomic mass is 9.74. The second kappa shape index (κ2) is 11.2. The summed E-state index contributed by atoms with van der Waals surface area (Å²) in [5.74, 6) is 0. The first kappa shape index (κ1) is 26.7. The summed E-state index contributed by atoms with van der Waals surface area (Å²) < 4.78 is 1.92. The van der Waals surface area contributed by atoms with Gasteiger partial charge in [-0.1, -0.05) is 41.4 Å². The molecule has 0 atom stereocenters. The number of nitrogens with zero attached hydrogens (tertiary/aromatic N) is 4. The van der Waals surface area contributed by atoms with Gasteiger partial charge in [-0.05, 0) is 89.4 Å². The third-order valence-corrected chi connectivity index (χ3v) is 9.64. The second-order valence-electron chi connectivity index (χ2n) is 10.0. The summed E-state index contributed by atoms with van der Waals surface area (Å²) in [4.78, 5) is 26.8. The van der Waals surface area contributed by atoms with Crippen LogP contribution in [0.15, 0.2) is 64.9 Å².